The van der Waals surface area contributed by atoms with Crippen molar-refractivity contribution in [2.45, 2.75) is 33.2 Å². The third-order valence-corrected chi connectivity index (χ3v) is 5.00. The molecule has 1 aromatic heterocycles. The number of fused-ring (bicyclic) bond motifs is 1. The lowest BCUT2D eigenvalue weighted by Gasteiger charge is -2.21. The molecule has 0 aliphatic carbocycles. The summed E-state index contributed by atoms with van der Waals surface area (Å²) >= 11 is 0. The number of carbonyl (C=O) groups excluding carboxylic acids is 2. The number of carbonyl (C=O) groups is 2. The van der Waals surface area contributed by atoms with Crippen molar-refractivity contribution >= 4 is 40.3 Å². The standard InChI is InChI=1S/C22H22N6O2/c1-12-9-16-14(3)23-21(25-17(16)10-13(12)2)28-22-26-18(11-19(29)27-22)20(30)24-15-7-5-4-6-8-15/h4-10,18H,11H2,1-3H3,(H,24,30)(H2,23,25,26,27,28,29)/t18-/m1/s1. The normalized spacial score (nSPS) is 16.0. The van der Waals surface area contributed by atoms with E-state index in [0.29, 0.717) is 11.6 Å². The number of benzene rings is 2. The van der Waals surface area contributed by atoms with Crippen molar-refractivity contribution < 1.29 is 9.59 Å². The zero-order chi connectivity index (χ0) is 21.3. The smallest absolute Gasteiger partial charge is 0.249 e. The number of hydrogen-bond acceptors (Lipinski definition) is 6. The molecule has 2 amide bonds. The van der Waals surface area contributed by atoms with Crippen LogP contribution in [-0.2, 0) is 9.59 Å². The number of nitrogens with one attached hydrogen (secondary N) is 3. The molecule has 3 N–H and O–H groups in total. The minimum Gasteiger partial charge on any atom is -0.324 e. The Kier molecular flexibility index (Phi) is 5.14. The summed E-state index contributed by atoms with van der Waals surface area (Å²) in [5.74, 6) is -0.185. The van der Waals surface area contributed by atoms with E-state index in [-0.39, 0.29) is 24.2 Å². The van der Waals surface area contributed by atoms with Crippen LogP contribution in [0.2, 0.25) is 0 Å². The molecule has 8 nitrogen and oxygen atoms in total. The largest absolute Gasteiger partial charge is 0.324 e. The first-order valence-corrected chi connectivity index (χ1v) is 9.65. The number of aliphatic imine (C=N–C) groups is 1. The van der Waals surface area contributed by atoms with Crippen molar-refractivity contribution in [3.63, 3.8) is 0 Å². The van der Waals surface area contributed by atoms with Gasteiger partial charge in [-0.15, -0.1) is 0 Å². The van der Waals surface area contributed by atoms with Crippen molar-refractivity contribution in [1.82, 2.24) is 15.3 Å². The zero-order valence-corrected chi connectivity index (χ0v) is 17.0. The maximum absolute atomic E-state index is 12.6. The van der Waals surface area contributed by atoms with E-state index in [1.54, 1.807) is 12.1 Å². The summed E-state index contributed by atoms with van der Waals surface area (Å²) in [5.41, 5.74) is 4.57. The van der Waals surface area contributed by atoms with Crippen LogP contribution in [0.5, 0.6) is 0 Å². The summed E-state index contributed by atoms with van der Waals surface area (Å²) in [6.45, 7) is 5.98. The van der Waals surface area contributed by atoms with Crippen LogP contribution in [-0.4, -0.2) is 33.8 Å². The van der Waals surface area contributed by atoms with Crippen LogP contribution in [0.1, 0.15) is 23.2 Å². The number of hydrogen-bond donors (Lipinski definition) is 3. The summed E-state index contributed by atoms with van der Waals surface area (Å²) in [6.07, 6.45) is -0.0279. The van der Waals surface area contributed by atoms with Crippen LogP contribution < -0.4 is 16.0 Å². The second-order valence-corrected chi connectivity index (χ2v) is 7.31. The van der Waals surface area contributed by atoms with Crippen molar-refractivity contribution in [1.29, 1.82) is 0 Å². The number of nitrogens with zero attached hydrogens (tertiary/aromatic N) is 3. The van der Waals surface area contributed by atoms with Gasteiger partial charge in [0.1, 0.15) is 6.04 Å². The van der Waals surface area contributed by atoms with Crippen molar-refractivity contribution in [3.8, 4) is 0 Å². The van der Waals surface area contributed by atoms with Crippen LogP contribution >= 0.6 is 0 Å². The maximum Gasteiger partial charge on any atom is 0.249 e. The van der Waals surface area contributed by atoms with Gasteiger partial charge in [0, 0.05) is 11.1 Å². The Bertz CT molecular complexity index is 1170. The number of aromatic nitrogens is 2. The lowest BCUT2D eigenvalue weighted by Crippen LogP contribution is -2.46. The summed E-state index contributed by atoms with van der Waals surface area (Å²) in [6, 6.07) is 12.3. The van der Waals surface area contributed by atoms with Crippen LogP contribution in [0.4, 0.5) is 11.6 Å². The van der Waals surface area contributed by atoms with Gasteiger partial charge < -0.3 is 5.32 Å². The number of amides is 2. The Morgan fingerprint density at radius 1 is 1.07 bits per heavy atom. The molecule has 30 heavy (non-hydrogen) atoms. The molecule has 0 saturated heterocycles. The molecule has 3 aromatic rings. The number of anilines is 2. The van der Waals surface area contributed by atoms with Gasteiger partial charge in [0.05, 0.1) is 17.6 Å². The molecule has 1 aliphatic heterocycles. The first-order valence-electron chi connectivity index (χ1n) is 9.65. The van der Waals surface area contributed by atoms with Crippen molar-refractivity contribution in [2.24, 2.45) is 4.99 Å². The number of rotatable bonds is 3. The van der Waals surface area contributed by atoms with E-state index in [4.69, 9.17) is 0 Å². The monoisotopic (exact) mass is 402 g/mol. The lowest BCUT2D eigenvalue weighted by atomic mass is 10.1. The molecular weight excluding hydrogens is 380 g/mol. The number of para-hydroxylation sites is 1. The van der Waals surface area contributed by atoms with E-state index >= 15 is 0 Å². The first kappa shape index (κ1) is 19.5. The van der Waals surface area contributed by atoms with Crippen LogP contribution in [0.3, 0.4) is 0 Å². The van der Waals surface area contributed by atoms with Gasteiger partial charge in [-0.3, -0.25) is 20.2 Å². The summed E-state index contributed by atoms with van der Waals surface area (Å²) < 4.78 is 0. The minimum absolute atomic E-state index is 0.0279. The molecule has 1 atom stereocenters. The number of aryl methyl sites for hydroxylation is 3. The van der Waals surface area contributed by atoms with Gasteiger partial charge in [-0.25, -0.2) is 15.0 Å². The van der Waals surface area contributed by atoms with Gasteiger partial charge in [-0.2, -0.15) is 0 Å². The molecule has 0 fully saturated rings. The second-order valence-electron chi connectivity index (χ2n) is 7.31. The minimum atomic E-state index is -0.840. The third kappa shape index (κ3) is 4.12. The quantitative estimate of drug-likeness (QED) is 0.624. The molecule has 2 aromatic carbocycles. The molecule has 1 aliphatic rings. The predicted molar refractivity (Wildman–Crippen MR) is 116 cm³/mol. The number of guanidine groups is 1. The fourth-order valence-electron chi connectivity index (χ4n) is 3.26. The van der Waals surface area contributed by atoms with E-state index in [9.17, 15) is 9.59 Å². The molecule has 0 radical (unpaired) electrons. The average molecular weight is 402 g/mol. The van der Waals surface area contributed by atoms with Gasteiger partial charge in [0.2, 0.25) is 23.7 Å². The Morgan fingerprint density at radius 2 is 1.80 bits per heavy atom. The Hall–Kier alpha value is -3.81. The third-order valence-electron chi connectivity index (χ3n) is 5.00. The molecule has 4 rings (SSSR count). The molecular formula is C22H22N6O2. The van der Waals surface area contributed by atoms with Gasteiger partial charge >= 0.3 is 0 Å². The van der Waals surface area contributed by atoms with Gasteiger partial charge in [0.25, 0.3) is 0 Å². The Morgan fingerprint density at radius 3 is 2.57 bits per heavy atom. The fraction of sp³-hybridized carbons (Fsp3) is 0.227. The van der Waals surface area contributed by atoms with Gasteiger partial charge in [0.15, 0.2) is 0 Å². The van der Waals surface area contributed by atoms with Gasteiger partial charge in [-0.05, 0) is 56.2 Å². The van der Waals surface area contributed by atoms with Crippen LogP contribution in [0.15, 0.2) is 47.5 Å². The molecule has 0 spiro atoms. The summed E-state index contributed by atoms with van der Waals surface area (Å²) in [5, 5.41) is 9.33. The molecule has 152 valence electrons. The van der Waals surface area contributed by atoms with E-state index in [2.05, 4.69) is 37.0 Å². The Labute approximate surface area is 173 Å². The predicted octanol–water partition coefficient (Wildman–Crippen LogP) is 2.85. The second kappa shape index (κ2) is 7.90. The van der Waals surface area contributed by atoms with E-state index in [0.717, 1.165) is 22.2 Å². The Balaban J connectivity index is 1.58. The first-order chi connectivity index (χ1) is 14.4. The highest BCUT2D eigenvalue weighted by molar-refractivity contribution is 6.09. The van der Waals surface area contributed by atoms with E-state index in [1.165, 1.54) is 5.56 Å². The zero-order valence-electron chi connectivity index (χ0n) is 17.0. The average Bonchev–Trinajstić information content (AvgIpc) is 2.70. The van der Waals surface area contributed by atoms with Gasteiger partial charge in [-0.1, -0.05) is 18.2 Å². The lowest BCUT2D eigenvalue weighted by molar-refractivity contribution is -0.124. The summed E-state index contributed by atoms with van der Waals surface area (Å²) in [7, 11) is 0. The maximum atomic E-state index is 12.6. The van der Waals surface area contributed by atoms with E-state index in [1.807, 2.05) is 45.0 Å². The SMILES string of the molecule is Cc1cc2nc(NC3=N[C@@H](C(=O)Nc4ccccc4)CC(=O)N3)nc(C)c2cc1C. The van der Waals surface area contributed by atoms with Crippen LogP contribution in [0, 0.1) is 20.8 Å². The molecule has 8 heteroatoms. The molecule has 0 unspecified atom stereocenters. The molecule has 0 bridgehead atoms. The highest BCUT2D eigenvalue weighted by Crippen LogP contribution is 2.21. The highest BCUT2D eigenvalue weighted by atomic mass is 16.2. The van der Waals surface area contributed by atoms with E-state index < -0.39 is 6.04 Å². The molecule has 2 heterocycles. The fourth-order valence-corrected chi connectivity index (χ4v) is 3.26. The van der Waals surface area contributed by atoms with Crippen LogP contribution in [0.25, 0.3) is 10.9 Å². The summed E-state index contributed by atoms with van der Waals surface area (Å²) in [4.78, 5) is 38.1. The van der Waals surface area contributed by atoms with Crippen molar-refractivity contribution in [2.75, 3.05) is 10.6 Å². The molecule has 0 saturated carbocycles. The highest BCUT2D eigenvalue weighted by Gasteiger charge is 2.27. The van der Waals surface area contributed by atoms with Crippen molar-refractivity contribution in [3.05, 3.63) is 59.3 Å². The topological polar surface area (TPSA) is 108 Å².